The van der Waals surface area contributed by atoms with Gasteiger partial charge in [0, 0.05) is 0 Å². The first kappa shape index (κ1) is 12.0. The molecule has 0 aliphatic heterocycles. The van der Waals surface area contributed by atoms with E-state index in [1.165, 1.54) is 6.92 Å². The van der Waals surface area contributed by atoms with Crippen molar-refractivity contribution in [2.24, 2.45) is 5.14 Å². The Morgan fingerprint density at radius 3 is 2.33 bits per heavy atom. The van der Waals surface area contributed by atoms with Crippen LogP contribution in [0.5, 0.6) is 0 Å². The minimum absolute atomic E-state index is 0.182. The number of aliphatic hydroxyl groups is 1. The summed E-state index contributed by atoms with van der Waals surface area (Å²) in [4.78, 5) is 6.91. The number of sulfonamides is 1. The third-order valence-electron chi connectivity index (χ3n) is 1.87. The number of halogens is 1. The van der Waals surface area contributed by atoms with Gasteiger partial charge in [-0.2, -0.15) is 0 Å². The van der Waals surface area contributed by atoms with Crippen molar-refractivity contribution in [2.45, 2.75) is 18.3 Å². The molecule has 0 aliphatic carbocycles. The molecule has 1 aromatic rings. The molecular formula is C7H10FN3O3S. The van der Waals surface area contributed by atoms with Crippen LogP contribution < -0.4 is 5.14 Å². The molecule has 0 bridgehead atoms. The van der Waals surface area contributed by atoms with Crippen LogP contribution in [0.25, 0.3) is 0 Å². The molecule has 0 aliphatic rings. The van der Waals surface area contributed by atoms with Gasteiger partial charge in [0.05, 0.1) is 12.4 Å². The number of hydrogen-bond donors (Lipinski definition) is 2. The van der Waals surface area contributed by atoms with Crippen LogP contribution in [-0.2, 0) is 10.0 Å². The molecule has 0 saturated heterocycles. The van der Waals surface area contributed by atoms with Crippen molar-refractivity contribution in [3.8, 4) is 0 Å². The molecule has 2 atom stereocenters. The van der Waals surface area contributed by atoms with Gasteiger partial charge in [-0.15, -0.1) is 0 Å². The number of nitrogens with zero attached hydrogens (tertiary/aromatic N) is 2. The number of rotatable bonds is 3. The lowest BCUT2D eigenvalue weighted by Gasteiger charge is -2.14. The van der Waals surface area contributed by atoms with Gasteiger partial charge in [0.1, 0.15) is 11.4 Å². The Morgan fingerprint density at radius 2 is 1.93 bits per heavy atom. The van der Waals surface area contributed by atoms with Crippen LogP contribution in [-0.4, -0.2) is 28.7 Å². The summed E-state index contributed by atoms with van der Waals surface area (Å²) in [6, 6.07) is 0. The van der Waals surface area contributed by atoms with Gasteiger partial charge in [-0.3, -0.25) is 0 Å². The van der Waals surface area contributed by atoms with Crippen LogP contribution in [0.3, 0.4) is 0 Å². The zero-order chi connectivity index (χ0) is 11.6. The van der Waals surface area contributed by atoms with E-state index in [-0.39, 0.29) is 5.82 Å². The fourth-order valence-corrected chi connectivity index (χ4v) is 1.35. The summed E-state index contributed by atoms with van der Waals surface area (Å²) in [6.45, 7) is 1.21. The number of primary sulfonamides is 1. The van der Waals surface area contributed by atoms with E-state index in [1.54, 1.807) is 0 Å². The van der Waals surface area contributed by atoms with Crippen molar-refractivity contribution in [3.63, 3.8) is 0 Å². The third-order valence-corrected chi connectivity index (χ3v) is 3.16. The van der Waals surface area contributed by atoms with Crippen LogP contribution >= 0.6 is 0 Å². The second-order valence-electron chi connectivity index (χ2n) is 3.00. The Morgan fingerprint density at radius 1 is 1.47 bits per heavy atom. The maximum atomic E-state index is 12.4. The van der Waals surface area contributed by atoms with Crippen molar-refractivity contribution in [1.82, 2.24) is 9.97 Å². The highest BCUT2D eigenvalue weighted by atomic mass is 32.2. The van der Waals surface area contributed by atoms with E-state index in [1.807, 2.05) is 0 Å². The minimum Gasteiger partial charge on any atom is -0.384 e. The highest BCUT2D eigenvalue weighted by Gasteiger charge is 2.28. The summed E-state index contributed by atoms with van der Waals surface area (Å²) < 4.78 is 34.2. The molecule has 0 radical (unpaired) electrons. The summed E-state index contributed by atoms with van der Waals surface area (Å²) in [5.74, 6) is -0.855. The normalized spacial score (nSPS) is 16.0. The molecule has 0 aromatic carbocycles. The Bertz CT molecular complexity index is 433. The Hall–Kier alpha value is -1.12. The van der Waals surface area contributed by atoms with E-state index in [4.69, 9.17) is 5.14 Å². The van der Waals surface area contributed by atoms with Crippen LogP contribution in [0.4, 0.5) is 4.39 Å². The lowest BCUT2D eigenvalue weighted by atomic mass is 10.2. The summed E-state index contributed by atoms with van der Waals surface area (Å²) in [7, 11) is -3.88. The zero-order valence-electron chi connectivity index (χ0n) is 7.83. The third kappa shape index (κ3) is 2.91. The summed E-state index contributed by atoms with van der Waals surface area (Å²) in [6.07, 6.45) is 0.198. The van der Waals surface area contributed by atoms with E-state index in [0.717, 1.165) is 12.4 Å². The van der Waals surface area contributed by atoms with Crippen LogP contribution in [0.15, 0.2) is 12.4 Å². The molecule has 8 heteroatoms. The quantitative estimate of drug-likeness (QED) is 0.722. The van der Waals surface area contributed by atoms with Gasteiger partial charge in [0.2, 0.25) is 10.0 Å². The average molecular weight is 235 g/mol. The van der Waals surface area contributed by atoms with Gasteiger partial charge in [0.25, 0.3) is 0 Å². The highest BCUT2D eigenvalue weighted by Crippen LogP contribution is 2.16. The first-order valence-electron chi connectivity index (χ1n) is 3.99. The molecular weight excluding hydrogens is 225 g/mol. The Kier molecular flexibility index (Phi) is 3.32. The zero-order valence-corrected chi connectivity index (χ0v) is 8.65. The summed E-state index contributed by atoms with van der Waals surface area (Å²) in [5.41, 5.74) is 0. The standard InChI is InChI=1S/C7H10FN3O3S/c1-4(15(9,13)14)6(12)7-10-2-5(8)3-11-7/h2-4,6,12H,1H3,(H2,9,13,14). The summed E-state index contributed by atoms with van der Waals surface area (Å²) >= 11 is 0. The Balaban J connectivity index is 2.95. The average Bonchev–Trinajstić information content (AvgIpc) is 2.15. The predicted molar refractivity (Wildman–Crippen MR) is 49.5 cm³/mol. The number of aromatic nitrogens is 2. The van der Waals surface area contributed by atoms with Crippen molar-refractivity contribution in [2.75, 3.05) is 0 Å². The molecule has 3 N–H and O–H groups in total. The van der Waals surface area contributed by atoms with E-state index in [0.29, 0.717) is 0 Å². The first-order valence-corrected chi connectivity index (χ1v) is 5.60. The van der Waals surface area contributed by atoms with Gasteiger partial charge < -0.3 is 5.11 Å². The van der Waals surface area contributed by atoms with Gasteiger partial charge in [0.15, 0.2) is 11.6 Å². The topological polar surface area (TPSA) is 106 Å². The van der Waals surface area contributed by atoms with Crippen molar-refractivity contribution in [3.05, 3.63) is 24.0 Å². The van der Waals surface area contributed by atoms with Crippen molar-refractivity contribution >= 4 is 10.0 Å². The smallest absolute Gasteiger partial charge is 0.214 e. The minimum atomic E-state index is -3.88. The molecule has 0 saturated carbocycles. The van der Waals surface area contributed by atoms with E-state index in [9.17, 15) is 17.9 Å². The van der Waals surface area contributed by atoms with Crippen LogP contribution in [0, 0.1) is 5.82 Å². The number of hydrogen-bond acceptors (Lipinski definition) is 5. The fourth-order valence-electron chi connectivity index (χ4n) is 0.865. The largest absolute Gasteiger partial charge is 0.384 e. The fraction of sp³-hybridized carbons (Fsp3) is 0.429. The SMILES string of the molecule is CC(C(O)c1ncc(F)cn1)S(N)(=O)=O. The van der Waals surface area contributed by atoms with Crippen molar-refractivity contribution in [1.29, 1.82) is 0 Å². The molecule has 1 heterocycles. The molecule has 1 rings (SSSR count). The molecule has 1 aromatic heterocycles. The monoisotopic (exact) mass is 235 g/mol. The lowest BCUT2D eigenvalue weighted by Crippen LogP contribution is -2.32. The van der Waals surface area contributed by atoms with E-state index >= 15 is 0 Å². The van der Waals surface area contributed by atoms with Crippen molar-refractivity contribution < 1.29 is 17.9 Å². The molecule has 2 unspecified atom stereocenters. The molecule has 0 fully saturated rings. The maximum Gasteiger partial charge on any atom is 0.214 e. The van der Waals surface area contributed by atoms with Gasteiger partial charge in [-0.05, 0) is 6.92 Å². The van der Waals surface area contributed by atoms with Crippen LogP contribution in [0.2, 0.25) is 0 Å². The number of aliphatic hydroxyl groups excluding tert-OH is 1. The lowest BCUT2D eigenvalue weighted by molar-refractivity contribution is 0.165. The number of nitrogens with two attached hydrogens (primary N) is 1. The van der Waals surface area contributed by atoms with E-state index < -0.39 is 27.2 Å². The maximum absolute atomic E-state index is 12.4. The van der Waals surface area contributed by atoms with E-state index in [2.05, 4.69) is 9.97 Å². The second-order valence-corrected chi connectivity index (χ2v) is 4.92. The summed E-state index contributed by atoms with van der Waals surface area (Å²) in [5, 5.41) is 13.1. The van der Waals surface area contributed by atoms with Gasteiger partial charge in [-0.25, -0.2) is 27.9 Å². The van der Waals surface area contributed by atoms with Crippen LogP contribution in [0.1, 0.15) is 18.9 Å². The molecule has 0 spiro atoms. The molecule has 6 nitrogen and oxygen atoms in total. The molecule has 84 valence electrons. The first-order chi connectivity index (χ1) is 6.82. The molecule has 15 heavy (non-hydrogen) atoms. The Labute approximate surface area is 86.0 Å². The van der Waals surface area contributed by atoms with Gasteiger partial charge in [-0.1, -0.05) is 0 Å². The predicted octanol–water partition coefficient (Wildman–Crippen LogP) is -0.674. The highest BCUT2D eigenvalue weighted by molar-refractivity contribution is 7.89. The molecule has 0 amide bonds. The second kappa shape index (κ2) is 4.17. The van der Waals surface area contributed by atoms with Gasteiger partial charge >= 0.3 is 0 Å².